The minimum absolute atomic E-state index is 0.147. The number of carbonyl (C=O) groups is 1. The van der Waals surface area contributed by atoms with Gasteiger partial charge in [-0.25, -0.2) is 4.39 Å². The van der Waals surface area contributed by atoms with Crippen molar-refractivity contribution in [2.75, 3.05) is 6.67 Å². The molecule has 0 bridgehead atoms. The zero-order chi connectivity index (χ0) is 10.3. The van der Waals surface area contributed by atoms with Crippen molar-refractivity contribution in [3.8, 4) is 0 Å². The lowest BCUT2D eigenvalue weighted by molar-refractivity contribution is -0.120. The average molecular weight is 189 g/mol. The SMILES string of the molecule is CCCC[C@@H](C)[C@@H](CF)NC(C)=O. The van der Waals surface area contributed by atoms with Gasteiger partial charge < -0.3 is 5.32 Å². The number of amides is 1. The number of hydrogen-bond donors (Lipinski definition) is 1. The van der Waals surface area contributed by atoms with Crippen molar-refractivity contribution < 1.29 is 9.18 Å². The van der Waals surface area contributed by atoms with E-state index in [9.17, 15) is 9.18 Å². The molecule has 2 atom stereocenters. The molecule has 0 aromatic carbocycles. The van der Waals surface area contributed by atoms with Crippen molar-refractivity contribution in [3.63, 3.8) is 0 Å². The molecule has 0 aliphatic rings. The summed E-state index contributed by atoms with van der Waals surface area (Å²) in [5, 5.41) is 2.62. The molecule has 1 amide bonds. The van der Waals surface area contributed by atoms with Gasteiger partial charge in [0, 0.05) is 6.92 Å². The molecule has 0 aliphatic heterocycles. The quantitative estimate of drug-likeness (QED) is 0.682. The molecule has 0 saturated heterocycles. The number of unbranched alkanes of at least 4 members (excludes halogenated alkanes) is 1. The Hall–Kier alpha value is -0.600. The normalized spacial score (nSPS) is 15.1. The van der Waals surface area contributed by atoms with Gasteiger partial charge in [-0.1, -0.05) is 26.7 Å². The lowest BCUT2D eigenvalue weighted by Gasteiger charge is -2.21. The maximum Gasteiger partial charge on any atom is 0.217 e. The zero-order valence-corrected chi connectivity index (χ0v) is 8.77. The number of halogens is 1. The summed E-state index contributed by atoms with van der Waals surface area (Å²) in [6.45, 7) is 5.05. The van der Waals surface area contributed by atoms with Crippen LogP contribution in [0.3, 0.4) is 0 Å². The number of hydrogen-bond acceptors (Lipinski definition) is 1. The lowest BCUT2D eigenvalue weighted by atomic mass is 9.96. The Morgan fingerprint density at radius 1 is 1.54 bits per heavy atom. The first kappa shape index (κ1) is 12.4. The van der Waals surface area contributed by atoms with Gasteiger partial charge in [-0.2, -0.15) is 0 Å². The van der Waals surface area contributed by atoms with E-state index in [1.54, 1.807) is 0 Å². The molecule has 0 heterocycles. The van der Waals surface area contributed by atoms with Crippen LogP contribution in [0.25, 0.3) is 0 Å². The van der Waals surface area contributed by atoms with E-state index in [2.05, 4.69) is 12.2 Å². The molecule has 0 saturated carbocycles. The fourth-order valence-corrected chi connectivity index (χ4v) is 1.32. The van der Waals surface area contributed by atoms with E-state index in [1.165, 1.54) is 6.92 Å². The Labute approximate surface area is 79.9 Å². The summed E-state index contributed by atoms with van der Waals surface area (Å²) < 4.78 is 12.5. The van der Waals surface area contributed by atoms with Crippen LogP contribution in [-0.2, 0) is 4.79 Å². The van der Waals surface area contributed by atoms with Gasteiger partial charge in [-0.05, 0) is 12.3 Å². The summed E-state index contributed by atoms with van der Waals surface area (Å²) in [4.78, 5) is 10.7. The van der Waals surface area contributed by atoms with Crippen LogP contribution in [-0.4, -0.2) is 18.6 Å². The smallest absolute Gasteiger partial charge is 0.217 e. The Morgan fingerprint density at radius 2 is 2.15 bits per heavy atom. The molecule has 0 unspecified atom stereocenters. The molecular weight excluding hydrogens is 169 g/mol. The van der Waals surface area contributed by atoms with Gasteiger partial charge >= 0.3 is 0 Å². The Kier molecular flexibility index (Phi) is 6.55. The third-order valence-electron chi connectivity index (χ3n) is 2.25. The predicted molar refractivity (Wildman–Crippen MR) is 52.3 cm³/mol. The van der Waals surface area contributed by atoms with Crippen LogP contribution in [0, 0.1) is 5.92 Å². The highest BCUT2D eigenvalue weighted by Gasteiger charge is 2.16. The minimum Gasteiger partial charge on any atom is -0.351 e. The Morgan fingerprint density at radius 3 is 2.54 bits per heavy atom. The molecule has 1 N–H and O–H groups in total. The molecule has 0 rings (SSSR count). The fraction of sp³-hybridized carbons (Fsp3) is 0.900. The highest BCUT2D eigenvalue weighted by molar-refractivity contribution is 5.73. The van der Waals surface area contributed by atoms with E-state index in [-0.39, 0.29) is 17.9 Å². The standard InChI is InChI=1S/C10H20FNO/c1-4-5-6-8(2)10(7-11)12-9(3)13/h8,10H,4-7H2,1-3H3,(H,12,13)/t8-,10-/m1/s1. The maximum absolute atomic E-state index is 12.5. The van der Waals surface area contributed by atoms with Crippen LogP contribution >= 0.6 is 0 Å². The molecule has 0 spiro atoms. The summed E-state index contributed by atoms with van der Waals surface area (Å²) in [6, 6.07) is -0.302. The Balaban J connectivity index is 3.84. The zero-order valence-electron chi connectivity index (χ0n) is 8.77. The van der Waals surface area contributed by atoms with Crippen molar-refractivity contribution in [1.82, 2.24) is 5.32 Å². The third kappa shape index (κ3) is 5.61. The number of carbonyl (C=O) groups excluding carboxylic acids is 1. The highest BCUT2D eigenvalue weighted by atomic mass is 19.1. The van der Waals surface area contributed by atoms with Gasteiger partial charge in [0.15, 0.2) is 0 Å². The summed E-state index contributed by atoms with van der Waals surface area (Å²) >= 11 is 0. The molecule has 78 valence electrons. The number of alkyl halides is 1. The van der Waals surface area contributed by atoms with Crippen molar-refractivity contribution in [2.24, 2.45) is 5.92 Å². The molecule has 0 fully saturated rings. The van der Waals surface area contributed by atoms with Crippen molar-refractivity contribution in [1.29, 1.82) is 0 Å². The first-order valence-corrected chi connectivity index (χ1v) is 4.94. The molecule has 13 heavy (non-hydrogen) atoms. The number of rotatable bonds is 6. The molecule has 0 aromatic heterocycles. The largest absolute Gasteiger partial charge is 0.351 e. The van der Waals surface area contributed by atoms with E-state index < -0.39 is 6.67 Å². The van der Waals surface area contributed by atoms with E-state index in [0.717, 1.165) is 19.3 Å². The molecule has 0 radical (unpaired) electrons. The third-order valence-corrected chi connectivity index (χ3v) is 2.25. The fourth-order valence-electron chi connectivity index (χ4n) is 1.32. The maximum atomic E-state index is 12.5. The van der Waals surface area contributed by atoms with Gasteiger partial charge in [-0.3, -0.25) is 4.79 Å². The molecule has 2 nitrogen and oxygen atoms in total. The summed E-state index contributed by atoms with van der Waals surface area (Å²) in [5.74, 6) is 0.0832. The molecule has 3 heteroatoms. The van der Waals surface area contributed by atoms with Crippen LogP contribution in [0.1, 0.15) is 40.0 Å². The van der Waals surface area contributed by atoms with Crippen LogP contribution in [0.4, 0.5) is 4.39 Å². The second-order valence-electron chi connectivity index (χ2n) is 3.58. The van der Waals surface area contributed by atoms with Crippen LogP contribution in [0.5, 0.6) is 0 Å². The van der Waals surface area contributed by atoms with Gasteiger partial charge in [0.25, 0.3) is 0 Å². The van der Waals surface area contributed by atoms with E-state index in [0.29, 0.717) is 0 Å². The van der Waals surface area contributed by atoms with E-state index in [1.807, 2.05) is 6.92 Å². The van der Waals surface area contributed by atoms with E-state index >= 15 is 0 Å². The molecule has 0 aliphatic carbocycles. The molecular formula is C10H20FNO. The van der Waals surface area contributed by atoms with Crippen molar-refractivity contribution in [2.45, 2.75) is 46.1 Å². The summed E-state index contributed by atoms with van der Waals surface area (Å²) in [5.41, 5.74) is 0. The van der Waals surface area contributed by atoms with Gasteiger partial charge in [0.05, 0.1) is 6.04 Å². The highest BCUT2D eigenvalue weighted by Crippen LogP contribution is 2.12. The predicted octanol–water partition coefficient (Wildman–Crippen LogP) is 2.29. The molecule has 0 aromatic rings. The van der Waals surface area contributed by atoms with Gasteiger partial charge in [0.2, 0.25) is 5.91 Å². The second-order valence-corrected chi connectivity index (χ2v) is 3.58. The average Bonchev–Trinajstić information content (AvgIpc) is 2.09. The van der Waals surface area contributed by atoms with Gasteiger partial charge in [0.1, 0.15) is 6.67 Å². The van der Waals surface area contributed by atoms with Crippen molar-refractivity contribution >= 4 is 5.91 Å². The van der Waals surface area contributed by atoms with Crippen LogP contribution < -0.4 is 5.32 Å². The lowest BCUT2D eigenvalue weighted by Crippen LogP contribution is -2.39. The van der Waals surface area contributed by atoms with Crippen LogP contribution in [0.15, 0.2) is 0 Å². The summed E-state index contributed by atoms with van der Waals surface area (Å²) in [7, 11) is 0. The van der Waals surface area contributed by atoms with Crippen LogP contribution in [0.2, 0.25) is 0 Å². The number of nitrogens with one attached hydrogen (secondary N) is 1. The second kappa shape index (κ2) is 6.87. The Bertz CT molecular complexity index is 150. The van der Waals surface area contributed by atoms with Gasteiger partial charge in [-0.15, -0.1) is 0 Å². The van der Waals surface area contributed by atoms with Crippen molar-refractivity contribution in [3.05, 3.63) is 0 Å². The summed E-state index contributed by atoms with van der Waals surface area (Å²) in [6.07, 6.45) is 3.19. The topological polar surface area (TPSA) is 29.1 Å². The first-order chi connectivity index (χ1) is 6.11. The monoisotopic (exact) mass is 189 g/mol. The van der Waals surface area contributed by atoms with E-state index in [4.69, 9.17) is 0 Å². The first-order valence-electron chi connectivity index (χ1n) is 4.94. The minimum atomic E-state index is -0.468.